The maximum atomic E-state index is 14.5. The number of likely N-dealkylation sites (tertiary alicyclic amines) is 1. The molecule has 13 nitrogen and oxygen atoms in total. The predicted molar refractivity (Wildman–Crippen MR) is 197 cm³/mol. The van der Waals surface area contributed by atoms with Gasteiger partial charge in [-0.3, -0.25) is 24.0 Å². The van der Waals surface area contributed by atoms with Gasteiger partial charge in [0.25, 0.3) is 0 Å². The Bertz CT molecular complexity index is 1630. The molecule has 5 unspecified atom stereocenters. The topological polar surface area (TPSA) is 165 Å². The number of amides is 3. The molecule has 14 heteroatoms. The van der Waals surface area contributed by atoms with Crippen LogP contribution in [-0.2, 0) is 33.4 Å². The van der Waals surface area contributed by atoms with Gasteiger partial charge in [-0.25, -0.2) is 4.98 Å². The molecule has 6 heterocycles. The number of ether oxygens (including phenoxy) is 3. The largest absolute Gasteiger partial charge is 0.381 e. The van der Waals surface area contributed by atoms with Gasteiger partial charge in [0.2, 0.25) is 23.5 Å². The van der Waals surface area contributed by atoms with Crippen molar-refractivity contribution < 1.29 is 38.2 Å². The number of carbonyl (C=O) groups is 5. The summed E-state index contributed by atoms with van der Waals surface area (Å²) in [5.41, 5.74) is 0.699. The van der Waals surface area contributed by atoms with Crippen LogP contribution in [0.1, 0.15) is 75.0 Å². The van der Waals surface area contributed by atoms with E-state index in [1.807, 2.05) is 24.3 Å². The van der Waals surface area contributed by atoms with E-state index in [0.29, 0.717) is 63.8 Å². The number of ketones is 2. The Morgan fingerprint density at radius 1 is 1.02 bits per heavy atom. The Kier molecular flexibility index (Phi) is 12.2. The minimum atomic E-state index is -0.985. The van der Waals surface area contributed by atoms with E-state index in [4.69, 9.17) is 14.2 Å². The van der Waals surface area contributed by atoms with Crippen LogP contribution in [0.5, 0.6) is 0 Å². The number of nitrogens with zero attached hydrogens (tertiary/aromatic N) is 2. The number of fused-ring (bicyclic) bond motifs is 2. The second-order valence-electron chi connectivity index (χ2n) is 15.9. The minimum Gasteiger partial charge on any atom is -0.381 e. The number of benzene rings is 1. The van der Waals surface area contributed by atoms with Gasteiger partial charge >= 0.3 is 0 Å². The standard InChI is InChI=1S/C39H53N5O8S/c1-22(2)44-12-8-23(19-44)15-26(17-31(45)34(25-9-13-50-20-25)43-33(46)18-27-21-52-39-28(27)10-14-51-39)37(49)41-30(16-24-7-11-40-36(24)48)35(47)38-42-29-5-3-4-6-32(29)53-38/h3-6,22-28,30,34,39H,7-21H2,1-2H3,(H,40,48)(H,41,49)(H,43,46)/t23?,24-,25?,26+,27?,28?,30-,34-,39?/m0/s1. The van der Waals surface area contributed by atoms with Crippen molar-refractivity contribution >= 4 is 50.8 Å². The number of rotatable bonds is 16. The highest BCUT2D eigenvalue weighted by Gasteiger charge is 2.44. The molecule has 0 saturated carbocycles. The van der Waals surface area contributed by atoms with E-state index in [2.05, 4.69) is 39.7 Å². The molecule has 288 valence electrons. The molecule has 0 bridgehead atoms. The summed E-state index contributed by atoms with van der Waals surface area (Å²) < 4.78 is 17.9. The van der Waals surface area contributed by atoms with Gasteiger partial charge in [0.05, 0.1) is 42.1 Å². The maximum absolute atomic E-state index is 14.5. The summed E-state index contributed by atoms with van der Waals surface area (Å²) in [4.78, 5) is 76.1. The van der Waals surface area contributed by atoms with Crippen LogP contribution in [0.4, 0.5) is 0 Å². The lowest BCUT2D eigenvalue weighted by Crippen LogP contribution is -2.49. The van der Waals surface area contributed by atoms with Gasteiger partial charge in [-0.05, 0) is 82.9 Å². The van der Waals surface area contributed by atoms with Gasteiger partial charge in [0.1, 0.15) is 0 Å². The lowest BCUT2D eigenvalue weighted by atomic mass is 9.84. The highest BCUT2D eigenvalue weighted by atomic mass is 32.1. The average Bonchev–Trinajstić information content (AvgIpc) is 3.99. The molecular weight excluding hydrogens is 699 g/mol. The Labute approximate surface area is 314 Å². The summed E-state index contributed by atoms with van der Waals surface area (Å²) in [6, 6.07) is 6.07. The molecule has 0 spiro atoms. The van der Waals surface area contributed by atoms with Gasteiger partial charge in [-0.1, -0.05) is 12.1 Å². The highest BCUT2D eigenvalue weighted by molar-refractivity contribution is 7.20. The monoisotopic (exact) mass is 751 g/mol. The Balaban J connectivity index is 1.10. The number of aromatic nitrogens is 1. The predicted octanol–water partition coefficient (Wildman–Crippen LogP) is 3.11. The number of para-hydroxylation sites is 1. The van der Waals surface area contributed by atoms with Crippen LogP contribution in [0, 0.1) is 35.5 Å². The van der Waals surface area contributed by atoms with E-state index in [0.717, 1.165) is 30.6 Å². The molecule has 3 amide bonds. The van der Waals surface area contributed by atoms with Crippen LogP contribution in [0.3, 0.4) is 0 Å². The Morgan fingerprint density at radius 3 is 2.60 bits per heavy atom. The minimum absolute atomic E-state index is 0.0229. The third-order valence-electron chi connectivity index (χ3n) is 12.0. The Morgan fingerprint density at radius 2 is 1.87 bits per heavy atom. The van der Waals surface area contributed by atoms with E-state index in [9.17, 15) is 24.0 Å². The Hall–Kier alpha value is -3.30. The molecule has 1 aromatic carbocycles. The third-order valence-corrected chi connectivity index (χ3v) is 13.1. The van der Waals surface area contributed by atoms with Crippen molar-refractivity contribution in [3.05, 3.63) is 29.3 Å². The summed E-state index contributed by atoms with van der Waals surface area (Å²) in [6.45, 7) is 8.48. The molecule has 53 heavy (non-hydrogen) atoms. The van der Waals surface area contributed by atoms with Crippen molar-refractivity contribution in [1.29, 1.82) is 0 Å². The number of hydrogen-bond donors (Lipinski definition) is 3. The van der Waals surface area contributed by atoms with Crippen molar-refractivity contribution in [2.45, 2.75) is 89.6 Å². The second kappa shape index (κ2) is 17.0. The van der Waals surface area contributed by atoms with E-state index in [1.165, 1.54) is 11.3 Å². The van der Waals surface area contributed by atoms with E-state index in [1.54, 1.807) is 0 Å². The van der Waals surface area contributed by atoms with Gasteiger partial charge in [-0.15, -0.1) is 11.3 Å². The summed E-state index contributed by atoms with van der Waals surface area (Å²) in [5, 5.41) is 9.22. The highest BCUT2D eigenvalue weighted by Crippen LogP contribution is 2.37. The smallest absolute Gasteiger partial charge is 0.224 e. The molecule has 5 aliphatic heterocycles. The number of carbonyl (C=O) groups excluding carboxylic acids is 5. The SMILES string of the molecule is CC(C)N1CCC(C[C@H](CC(=O)[C@@H](NC(=O)CC2COC3OCCC23)C2CCOC2)C(=O)N[C@@H](C[C@@H]2CCNC2=O)C(=O)c2nc3ccccc3s2)C1. The van der Waals surface area contributed by atoms with Crippen LogP contribution in [0.15, 0.2) is 24.3 Å². The maximum Gasteiger partial charge on any atom is 0.224 e. The first kappa shape index (κ1) is 38.0. The normalized spacial score (nSPS) is 28.9. The summed E-state index contributed by atoms with van der Waals surface area (Å²) in [6.07, 6.45) is 3.46. The molecule has 5 fully saturated rings. The van der Waals surface area contributed by atoms with Crippen LogP contribution in [-0.4, -0.2) is 110 Å². The van der Waals surface area contributed by atoms with Crippen LogP contribution < -0.4 is 16.0 Å². The van der Waals surface area contributed by atoms with Crippen LogP contribution >= 0.6 is 11.3 Å². The van der Waals surface area contributed by atoms with Gasteiger partial charge in [-0.2, -0.15) is 0 Å². The quantitative estimate of drug-likeness (QED) is 0.217. The van der Waals surface area contributed by atoms with Crippen LogP contribution in [0.25, 0.3) is 10.2 Å². The van der Waals surface area contributed by atoms with E-state index < -0.39 is 23.9 Å². The van der Waals surface area contributed by atoms with Gasteiger partial charge in [0.15, 0.2) is 17.1 Å². The lowest BCUT2D eigenvalue weighted by Gasteiger charge is -2.28. The molecule has 3 N–H and O–H groups in total. The number of hydrogen-bond acceptors (Lipinski definition) is 11. The second-order valence-corrected chi connectivity index (χ2v) is 17.0. The zero-order valence-electron chi connectivity index (χ0n) is 30.8. The summed E-state index contributed by atoms with van der Waals surface area (Å²) in [7, 11) is 0. The molecule has 1 aromatic heterocycles. The zero-order valence-corrected chi connectivity index (χ0v) is 31.6. The first-order chi connectivity index (χ1) is 25.6. The molecule has 5 saturated heterocycles. The average molecular weight is 752 g/mol. The third kappa shape index (κ3) is 8.99. The van der Waals surface area contributed by atoms with Crippen molar-refractivity contribution in [2.24, 2.45) is 35.5 Å². The fourth-order valence-electron chi connectivity index (χ4n) is 8.89. The molecule has 2 aromatic rings. The molecule has 9 atom stereocenters. The summed E-state index contributed by atoms with van der Waals surface area (Å²) in [5.74, 6) is -2.25. The number of Topliss-reactive ketones (excluding diaryl/α,β-unsaturated/α-hetero) is 2. The fraction of sp³-hybridized carbons (Fsp3) is 0.692. The van der Waals surface area contributed by atoms with Crippen LogP contribution in [0.2, 0.25) is 0 Å². The van der Waals surface area contributed by atoms with Gasteiger partial charge in [0, 0.05) is 62.3 Å². The number of thiazole rings is 1. The zero-order chi connectivity index (χ0) is 37.1. The van der Waals surface area contributed by atoms with Crippen molar-refractivity contribution in [3.63, 3.8) is 0 Å². The lowest BCUT2D eigenvalue weighted by molar-refractivity contribution is -0.133. The van der Waals surface area contributed by atoms with Gasteiger partial charge < -0.3 is 35.1 Å². The molecular formula is C39H53N5O8S. The number of nitrogens with one attached hydrogen (secondary N) is 3. The van der Waals surface area contributed by atoms with Crippen molar-refractivity contribution in [2.75, 3.05) is 46.1 Å². The first-order valence-electron chi connectivity index (χ1n) is 19.5. The first-order valence-corrected chi connectivity index (χ1v) is 20.3. The fourth-order valence-corrected chi connectivity index (χ4v) is 9.85. The molecule has 7 rings (SSSR count). The molecule has 0 radical (unpaired) electrons. The van der Waals surface area contributed by atoms with Crippen molar-refractivity contribution in [3.8, 4) is 0 Å². The molecule has 5 aliphatic rings. The summed E-state index contributed by atoms with van der Waals surface area (Å²) >= 11 is 1.27. The van der Waals surface area contributed by atoms with Crippen molar-refractivity contribution in [1.82, 2.24) is 25.8 Å². The molecule has 0 aliphatic carbocycles. The van der Waals surface area contributed by atoms with E-state index in [-0.39, 0.29) is 83.5 Å². The van der Waals surface area contributed by atoms with E-state index >= 15 is 0 Å².